The quantitative estimate of drug-likeness (QED) is 0.536. The monoisotopic (exact) mass is 424 g/mol. The van der Waals surface area contributed by atoms with Gasteiger partial charge in [0.2, 0.25) is 11.9 Å². The molecular formula is C25H24N6O. The first-order valence-corrected chi connectivity index (χ1v) is 11.1. The Hall–Kier alpha value is -3.58. The first-order valence-electron chi connectivity index (χ1n) is 11.1. The van der Waals surface area contributed by atoms with Crippen molar-refractivity contribution in [2.75, 3.05) is 11.4 Å². The molecule has 4 aromatic rings. The van der Waals surface area contributed by atoms with E-state index in [4.69, 9.17) is 15.7 Å². The third kappa shape index (κ3) is 3.00. The van der Waals surface area contributed by atoms with Crippen molar-refractivity contribution in [2.24, 2.45) is 5.73 Å². The number of aromatic nitrogens is 4. The van der Waals surface area contributed by atoms with E-state index < -0.39 is 0 Å². The molecule has 6 rings (SSSR count). The Bertz CT molecular complexity index is 1310. The highest BCUT2D eigenvalue weighted by Crippen LogP contribution is 2.39. The van der Waals surface area contributed by atoms with Crippen LogP contribution >= 0.6 is 0 Å². The van der Waals surface area contributed by atoms with Gasteiger partial charge in [-0.25, -0.2) is 9.97 Å². The van der Waals surface area contributed by atoms with E-state index in [9.17, 15) is 4.79 Å². The van der Waals surface area contributed by atoms with Gasteiger partial charge in [-0.2, -0.15) is 4.98 Å². The molecule has 1 aliphatic heterocycles. The number of hydrogen-bond acceptors (Lipinski definition) is 5. The maximum absolute atomic E-state index is 12.3. The van der Waals surface area contributed by atoms with Crippen LogP contribution in [0.3, 0.4) is 0 Å². The van der Waals surface area contributed by atoms with Crippen molar-refractivity contribution in [1.29, 1.82) is 0 Å². The minimum atomic E-state index is -0.205. The van der Waals surface area contributed by atoms with E-state index in [0.717, 1.165) is 41.9 Å². The van der Waals surface area contributed by atoms with E-state index in [1.54, 1.807) is 11.1 Å². The van der Waals surface area contributed by atoms with Gasteiger partial charge in [-0.1, -0.05) is 42.5 Å². The van der Waals surface area contributed by atoms with Crippen LogP contribution in [-0.4, -0.2) is 32.0 Å². The second-order valence-corrected chi connectivity index (χ2v) is 8.72. The minimum Gasteiger partial charge on any atom is -0.321 e. The number of fused-ring (bicyclic) bond motifs is 1. The maximum Gasteiger partial charge on any atom is 0.234 e. The Labute approximate surface area is 185 Å². The minimum absolute atomic E-state index is 0.0665. The van der Waals surface area contributed by atoms with Crippen LogP contribution in [0.5, 0.6) is 0 Å². The summed E-state index contributed by atoms with van der Waals surface area (Å²) >= 11 is 0. The molecule has 0 spiro atoms. The van der Waals surface area contributed by atoms with Gasteiger partial charge in [0, 0.05) is 29.8 Å². The van der Waals surface area contributed by atoms with Crippen LogP contribution in [0.4, 0.5) is 5.95 Å². The summed E-state index contributed by atoms with van der Waals surface area (Å²) in [7, 11) is 0. The van der Waals surface area contributed by atoms with Crippen molar-refractivity contribution in [1.82, 2.24) is 19.5 Å². The molecule has 32 heavy (non-hydrogen) atoms. The molecule has 2 N–H and O–H groups in total. The normalized spacial score (nSPS) is 17.7. The van der Waals surface area contributed by atoms with Crippen LogP contribution in [0.2, 0.25) is 0 Å². The standard InChI is InChI=1S/C25H24N6O/c26-25(13-5-14-25)18-9-11-19(12-10-18)31-22(17-6-2-1-3-7-17)28-20-16-27-24(29-23(20)31)30-15-4-8-21(30)32/h1-3,6-7,9-12,16H,4-5,8,13-15,26H2. The molecule has 2 aromatic heterocycles. The summed E-state index contributed by atoms with van der Waals surface area (Å²) in [6, 6.07) is 18.4. The number of hydrogen-bond donors (Lipinski definition) is 1. The lowest BCUT2D eigenvalue weighted by Gasteiger charge is -2.38. The average Bonchev–Trinajstić information content (AvgIpc) is 3.41. The average molecular weight is 425 g/mol. The molecule has 2 aliphatic rings. The van der Waals surface area contributed by atoms with Crippen molar-refractivity contribution in [2.45, 2.75) is 37.6 Å². The second kappa shape index (κ2) is 7.24. The first-order chi connectivity index (χ1) is 15.6. The SMILES string of the molecule is NC1(c2ccc(-n3c(-c4ccccc4)nc4cnc(N5CCCC5=O)nc43)cc2)CCC1. The van der Waals surface area contributed by atoms with Gasteiger partial charge in [-0.3, -0.25) is 14.3 Å². The van der Waals surface area contributed by atoms with Crippen molar-refractivity contribution in [3.63, 3.8) is 0 Å². The summed E-state index contributed by atoms with van der Waals surface area (Å²) in [5, 5.41) is 0. The maximum atomic E-state index is 12.3. The van der Waals surface area contributed by atoms with Gasteiger partial charge in [-0.05, 0) is 43.4 Å². The molecule has 7 heteroatoms. The number of imidazole rings is 1. The van der Waals surface area contributed by atoms with Gasteiger partial charge in [0.15, 0.2) is 5.65 Å². The fraction of sp³-hybridized carbons (Fsp3) is 0.280. The van der Waals surface area contributed by atoms with Gasteiger partial charge >= 0.3 is 0 Å². The fourth-order valence-corrected chi connectivity index (χ4v) is 4.67. The van der Waals surface area contributed by atoms with Crippen LogP contribution in [-0.2, 0) is 10.3 Å². The Morgan fingerprint density at radius 1 is 0.938 bits per heavy atom. The molecule has 7 nitrogen and oxygen atoms in total. The van der Waals surface area contributed by atoms with E-state index in [0.29, 0.717) is 30.1 Å². The number of amides is 1. The zero-order chi connectivity index (χ0) is 21.7. The van der Waals surface area contributed by atoms with E-state index in [2.05, 4.69) is 29.2 Å². The Morgan fingerprint density at radius 2 is 1.72 bits per heavy atom. The van der Waals surface area contributed by atoms with Gasteiger partial charge in [-0.15, -0.1) is 0 Å². The molecule has 1 saturated heterocycles. The highest BCUT2D eigenvalue weighted by molar-refractivity contribution is 5.94. The Kier molecular flexibility index (Phi) is 4.33. The lowest BCUT2D eigenvalue weighted by molar-refractivity contribution is -0.117. The molecule has 160 valence electrons. The fourth-order valence-electron chi connectivity index (χ4n) is 4.67. The number of carbonyl (C=O) groups is 1. The largest absolute Gasteiger partial charge is 0.321 e. The summed E-state index contributed by atoms with van der Waals surface area (Å²) in [6.07, 6.45) is 6.31. The molecule has 1 saturated carbocycles. The van der Waals surface area contributed by atoms with Crippen molar-refractivity contribution < 1.29 is 4.79 Å². The predicted molar refractivity (Wildman–Crippen MR) is 123 cm³/mol. The van der Waals surface area contributed by atoms with Crippen LogP contribution < -0.4 is 10.6 Å². The van der Waals surface area contributed by atoms with Crippen LogP contribution in [0, 0.1) is 0 Å². The molecule has 1 amide bonds. The van der Waals surface area contributed by atoms with E-state index in [-0.39, 0.29) is 11.4 Å². The summed E-state index contributed by atoms with van der Waals surface area (Å²) in [6.45, 7) is 0.650. The predicted octanol–water partition coefficient (Wildman–Crippen LogP) is 3.95. The number of anilines is 1. The van der Waals surface area contributed by atoms with Gasteiger partial charge in [0.25, 0.3) is 0 Å². The van der Waals surface area contributed by atoms with Crippen LogP contribution in [0.1, 0.15) is 37.7 Å². The summed E-state index contributed by atoms with van der Waals surface area (Å²) in [5.41, 5.74) is 10.8. The van der Waals surface area contributed by atoms with E-state index in [1.165, 1.54) is 6.42 Å². The zero-order valence-electron chi connectivity index (χ0n) is 17.7. The van der Waals surface area contributed by atoms with Gasteiger partial charge < -0.3 is 5.73 Å². The molecule has 1 aliphatic carbocycles. The topological polar surface area (TPSA) is 89.9 Å². The van der Waals surface area contributed by atoms with Gasteiger partial charge in [0.1, 0.15) is 11.3 Å². The highest BCUT2D eigenvalue weighted by atomic mass is 16.2. The molecular weight excluding hydrogens is 400 g/mol. The molecule has 2 fully saturated rings. The smallest absolute Gasteiger partial charge is 0.234 e. The highest BCUT2D eigenvalue weighted by Gasteiger charge is 2.34. The van der Waals surface area contributed by atoms with Crippen LogP contribution in [0.25, 0.3) is 28.2 Å². The lowest BCUT2D eigenvalue weighted by atomic mass is 9.73. The van der Waals surface area contributed by atoms with E-state index in [1.807, 2.05) is 34.9 Å². The number of nitrogens with two attached hydrogens (primary N) is 1. The number of rotatable bonds is 4. The second-order valence-electron chi connectivity index (χ2n) is 8.72. The first kappa shape index (κ1) is 19.1. The Morgan fingerprint density at radius 3 is 2.38 bits per heavy atom. The Balaban J connectivity index is 1.52. The third-order valence-electron chi connectivity index (χ3n) is 6.68. The van der Waals surface area contributed by atoms with Crippen molar-refractivity contribution >= 4 is 23.0 Å². The molecule has 3 heterocycles. The lowest BCUT2D eigenvalue weighted by Crippen LogP contribution is -2.43. The van der Waals surface area contributed by atoms with E-state index >= 15 is 0 Å². The summed E-state index contributed by atoms with van der Waals surface area (Å²) in [4.78, 5) is 28.0. The van der Waals surface area contributed by atoms with Crippen molar-refractivity contribution in [3.05, 3.63) is 66.4 Å². The van der Waals surface area contributed by atoms with Gasteiger partial charge in [0.05, 0.1) is 6.20 Å². The van der Waals surface area contributed by atoms with Crippen molar-refractivity contribution in [3.8, 4) is 17.1 Å². The number of carbonyl (C=O) groups excluding carboxylic acids is 1. The molecule has 0 atom stereocenters. The molecule has 2 aromatic carbocycles. The number of nitrogens with zero attached hydrogens (tertiary/aromatic N) is 5. The summed E-state index contributed by atoms with van der Waals surface area (Å²) < 4.78 is 2.05. The number of benzene rings is 2. The van der Waals surface area contributed by atoms with Crippen LogP contribution in [0.15, 0.2) is 60.8 Å². The molecule has 0 unspecified atom stereocenters. The zero-order valence-corrected chi connectivity index (χ0v) is 17.7. The summed E-state index contributed by atoms with van der Waals surface area (Å²) in [5.74, 6) is 1.29. The molecule has 0 radical (unpaired) electrons. The molecule has 0 bridgehead atoms. The third-order valence-corrected chi connectivity index (χ3v) is 6.68.